The molecule has 0 spiro atoms. The molecule has 31 heavy (non-hydrogen) atoms. The molecule has 3 aromatic rings. The van der Waals surface area contributed by atoms with Crippen LogP contribution in [0.2, 0.25) is 0 Å². The summed E-state index contributed by atoms with van der Waals surface area (Å²) in [6.07, 6.45) is 4.89. The lowest BCUT2D eigenvalue weighted by atomic mass is 10.0. The van der Waals surface area contributed by atoms with E-state index in [2.05, 4.69) is 17.1 Å². The van der Waals surface area contributed by atoms with E-state index in [0.717, 1.165) is 35.6 Å². The summed E-state index contributed by atoms with van der Waals surface area (Å²) in [4.78, 5) is 19.9. The van der Waals surface area contributed by atoms with Gasteiger partial charge in [0.15, 0.2) is 0 Å². The van der Waals surface area contributed by atoms with Crippen molar-refractivity contribution in [2.45, 2.75) is 51.8 Å². The molecule has 1 atom stereocenters. The van der Waals surface area contributed by atoms with E-state index >= 15 is 0 Å². The SMILES string of the molecule is CC1CCCCN1CCCNC(=O)Cn1c(COc2ccccc2)nc2ccccc21. The Morgan fingerprint density at radius 1 is 1.13 bits per heavy atom. The number of carbonyl (C=O) groups excluding carboxylic acids is 1. The van der Waals surface area contributed by atoms with Crippen LogP contribution in [-0.2, 0) is 17.9 Å². The van der Waals surface area contributed by atoms with Gasteiger partial charge in [-0.1, -0.05) is 36.8 Å². The Morgan fingerprint density at radius 3 is 2.77 bits per heavy atom. The summed E-state index contributed by atoms with van der Waals surface area (Å²) in [6, 6.07) is 18.2. The Hall–Kier alpha value is -2.86. The molecule has 1 fully saturated rings. The van der Waals surface area contributed by atoms with Crippen LogP contribution in [0, 0.1) is 0 Å². The highest BCUT2D eigenvalue weighted by Gasteiger charge is 2.18. The van der Waals surface area contributed by atoms with Crippen LogP contribution in [0.5, 0.6) is 5.75 Å². The van der Waals surface area contributed by atoms with Crippen LogP contribution >= 0.6 is 0 Å². The molecule has 1 aliphatic heterocycles. The molecular formula is C25H32N4O2. The van der Waals surface area contributed by atoms with E-state index < -0.39 is 0 Å². The number of piperidine rings is 1. The van der Waals surface area contributed by atoms with Crippen molar-refractivity contribution in [1.82, 2.24) is 19.8 Å². The molecule has 1 unspecified atom stereocenters. The van der Waals surface area contributed by atoms with Gasteiger partial charge in [0, 0.05) is 19.1 Å². The van der Waals surface area contributed by atoms with Gasteiger partial charge in [-0.3, -0.25) is 4.79 Å². The molecule has 0 radical (unpaired) electrons. The van der Waals surface area contributed by atoms with Gasteiger partial charge >= 0.3 is 0 Å². The first kappa shape index (κ1) is 21.4. The molecule has 164 valence electrons. The average Bonchev–Trinajstić information content (AvgIpc) is 3.14. The Labute approximate surface area is 184 Å². The van der Waals surface area contributed by atoms with E-state index in [4.69, 9.17) is 9.72 Å². The third-order valence-electron chi connectivity index (χ3n) is 6.03. The maximum Gasteiger partial charge on any atom is 0.240 e. The molecule has 4 rings (SSSR count). The first-order valence-corrected chi connectivity index (χ1v) is 11.3. The number of nitrogens with one attached hydrogen (secondary N) is 1. The van der Waals surface area contributed by atoms with E-state index in [9.17, 15) is 4.79 Å². The number of para-hydroxylation sites is 3. The maximum atomic E-state index is 12.7. The number of carbonyl (C=O) groups is 1. The Bertz CT molecular complexity index is 986. The molecule has 0 bridgehead atoms. The van der Waals surface area contributed by atoms with E-state index in [0.29, 0.717) is 19.2 Å². The second-order valence-corrected chi connectivity index (χ2v) is 8.29. The molecule has 0 saturated carbocycles. The van der Waals surface area contributed by atoms with Crippen molar-refractivity contribution in [3.05, 3.63) is 60.4 Å². The fourth-order valence-electron chi connectivity index (χ4n) is 4.28. The minimum absolute atomic E-state index is 0.0100. The molecule has 1 N–H and O–H groups in total. The van der Waals surface area contributed by atoms with Gasteiger partial charge in [-0.2, -0.15) is 0 Å². The Kier molecular flexibility index (Phi) is 7.20. The highest BCUT2D eigenvalue weighted by Crippen LogP contribution is 2.19. The number of hydrogen-bond acceptors (Lipinski definition) is 4. The molecule has 6 heteroatoms. The van der Waals surface area contributed by atoms with Crippen LogP contribution in [0.25, 0.3) is 11.0 Å². The maximum absolute atomic E-state index is 12.7. The first-order chi connectivity index (χ1) is 15.2. The second kappa shape index (κ2) is 10.4. The van der Waals surface area contributed by atoms with Crippen molar-refractivity contribution in [3.63, 3.8) is 0 Å². The number of benzene rings is 2. The van der Waals surface area contributed by atoms with Crippen molar-refractivity contribution in [3.8, 4) is 5.75 Å². The van der Waals surface area contributed by atoms with Gasteiger partial charge in [-0.25, -0.2) is 4.98 Å². The number of fused-ring (bicyclic) bond motifs is 1. The molecule has 6 nitrogen and oxygen atoms in total. The second-order valence-electron chi connectivity index (χ2n) is 8.29. The van der Waals surface area contributed by atoms with Crippen LogP contribution in [0.3, 0.4) is 0 Å². The average molecular weight is 421 g/mol. The molecule has 2 heterocycles. The first-order valence-electron chi connectivity index (χ1n) is 11.3. The number of likely N-dealkylation sites (tertiary alicyclic amines) is 1. The van der Waals surface area contributed by atoms with Crippen LogP contribution in [-0.4, -0.2) is 46.0 Å². The predicted molar refractivity (Wildman–Crippen MR) is 123 cm³/mol. The van der Waals surface area contributed by atoms with Crippen molar-refractivity contribution in [2.24, 2.45) is 0 Å². The van der Waals surface area contributed by atoms with Crippen molar-refractivity contribution in [2.75, 3.05) is 19.6 Å². The van der Waals surface area contributed by atoms with Crippen molar-refractivity contribution < 1.29 is 9.53 Å². The summed E-state index contributed by atoms with van der Waals surface area (Å²) in [6.45, 7) is 5.80. The minimum atomic E-state index is 0.0100. The van der Waals surface area contributed by atoms with Gasteiger partial charge in [0.1, 0.15) is 24.7 Å². The highest BCUT2D eigenvalue weighted by atomic mass is 16.5. The fourth-order valence-corrected chi connectivity index (χ4v) is 4.28. The van der Waals surface area contributed by atoms with Crippen molar-refractivity contribution in [1.29, 1.82) is 0 Å². The quantitative estimate of drug-likeness (QED) is 0.532. The molecule has 1 aromatic heterocycles. The van der Waals surface area contributed by atoms with Gasteiger partial charge < -0.3 is 19.5 Å². The molecule has 0 aliphatic carbocycles. The Morgan fingerprint density at radius 2 is 1.94 bits per heavy atom. The van der Waals surface area contributed by atoms with Crippen molar-refractivity contribution >= 4 is 16.9 Å². The highest BCUT2D eigenvalue weighted by molar-refractivity contribution is 5.81. The number of amides is 1. The number of hydrogen-bond donors (Lipinski definition) is 1. The largest absolute Gasteiger partial charge is 0.486 e. The molecule has 1 saturated heterocycles. The lowest BCUT2D eigenvalue weighted by molar-refractivity contribution is -0.121. The lowest BCUT2D eigenvalue weighted by Gasteiger charge is -2.33. The van der Waals surface area contributed by atoms with E-state index in [-0.39, 0.29) is 12.5 Å². The molecule has 1 aliphatic rings. The summed E-state index contributed by atoms with van der Waals surface area (Å²) in [7, 11) is 0. The van der Waals surface area contributed by atoms with Crippen LogP contribution in [0.15, 0.2) is 54.6 Å². The summed E-state index contributed by atoms with van der Waals surface area (Å²) in [5, 5.41) is 3.09. The van der Waals surface area contributed by atoms with Gasteiger partial charge in [0.05, 0.1) is 11.0 Å². The van der Waals surface area contributed by atoms with Gasteiger partial charge in [-0.05, 0) is 57.0 Å². The monoisotopic (exact) mass is 420 g/mol. The minimum Gasteiger partial charge on any atom is -0.486 e. The van der Waals surface area contributed by atoms with E-state index in [1.165, 1.54) is 25.8 Å². The third-order valence-corrected chi connectivity index (χ3v) is 6.03. The fraction of sp³-hybridized carbons (Fsp3) is 0.440. The summed E-state index contributed by atoms with van der Waals surface area (Å²) < 4.78 is 7.86. The zero-order valence-electron chi connectivity index (χ0n) is 18.3. The topological polar surface area (TPSA) is 59.4 Å². The van der Waals surface area contributed by atoms with Gasteiger partial charge in [0.2, 0.25) is 5.91 Å². The predicted octanol–water partition coefficient (Wildman–Crippen LogP) is 4.00. The molecule has 2 aromatic carbocycles. The van der Waals surface area contributed by atoms with Crippen LogP contribution in [0.4, 0.5) is 0 Å². The number of ether oxygens (including phenoxy) is 1. The van der Waals surface area contributed by atoms with Crippen LogP contribution in [0.1, 0.15) is 38.4 Å². The summed E-state index contributed by atoms with van der Waals surface area (Å²) in [5.41, 5.74) is 1.83. The Balaban J connectivity index is 1.34. The summed E-state index contributed by atoms with van der Waals surface area (Å²) in [5.74, 6) is 1.55. The smallest absolute Gasteiger partial charge is 0.240 e. The van der Waals surface area contributed by atoms with Gasteiger partial charge in [-0.15, -0.1) is 0 Å². The number of aromatic nitrogens is 2. The lowest BCUT2D eigenvalue weighted by Crippen LogP contribution is -2.39. The zero-order chi connectivity index (χ0) is 21.5. The molecular weight excluding hydrogens is 388 g/mol. The standard InChI is InChI=1S/C25H32N4O2/c1-20-10-7-8-16-28(20)17-9-15-26-25(30)18-29-23-14-6-5-13-22(23)27-24(29)19-31-21-11-3-2-4-12-21/h2-6,11-14,20H,7-10,15-19H2,1H3,(H,26,30). The van der Waals surface area contributed by atoms with E-state index in [1.807, 2.05) is 59.2 Å². The summed E-state index contributed by atoms with van der Waals surface area (Å²) >= 11 is 0. The van der Waals surface area contributed by atoms with E-state index in [1.54, 1.807) is 0 Å². The number of rotatable bonds is 9. The number of nitrogens with zero attached hydrogens (tertiary/aromatic N) is 3. The third kappa shape index (κ3) is 5.64. The van der Waals surface area contributed by atoms with Gasteiger partial charge in [0.25, 0.3) is 0 Å². The van der Waals surface area contributed by atoms with Crippen LogP contribution < -0.4 is 10.1 Å². The number of imidazole rings is 1. The molecule has 1 amide bonds. The zero-order valence-corrected chi connectivity index (χ0v) is 18.3. The normalized spacial score (nSPS) is 17.0.